The van der Waals surface area contributed by atoms with Crippen LogP contribution in [0, 0.1) is 0 Å². The molecule has 0 aromatic carbocycles. The third-order valence-corrected chi connectivity index (χ3v) is 8.94. The number of aliphatic hydroxyl groups excluding tert-OH is 1. The molecule has 0 amide bonds. The van der Waals surface area contributed by atoms with Gasteiger partial charge in [-0.25, -0.2) is 0 Å². The average molecular weight is 675 g/mol. The van der Waals surface area contributed by atoms with Crippen molar-refractivity contribution in [3.8, 4) is 0 Å². The van der Waals surface area contributed by atoms with Gasteiger partial charge in [0.15, 0.2) is 6.10 Å². The van der Waals surface area contributed by atoms with E-state index in [0.29, 0.717) is 19.3 Å². The van der Waals surface area contributed by atoms with E-state index in [4.69, 9.17) is 9.47 Å². The number of ether oxygens (including phenoxy) is 2. The number of esters is 2. The molecule has 0 aliphatic rings. The SMILES string of the molecule is CCCCCCCCC=CCC=CCC=CCCCC(=O)OC[C@H](CO)OC(=O)CCCCCCCCCCCCCCCCCCC. The van der Waals surface area contributed by atoms with Gasteiger partial charge in [-0.15, -0.1) is 0 Å². The van der Waals surface area contributed by atoms with E-state index in [1.54, 1.807) is 0 Å². The summed E-state index contributed by atoms with van der Waals surface area (Å²) in [6.07, 6.45) is 47.8. The first-order valence-corrected chi connectivity index (χ1v) is 20.5. The fraction of sp³-hybridized carbons (Fsp3) is 0.814. The number of aliphatic hydroxyl groups is 1. The second-order valence-electron chi connectivity index (χ2n) is 13.7. The van der Waals surface area contributed by atoms with Crippen molar-refractivity contribution >= 4 is 11.9 Å². The highest BCUT2D eigenvalue weighted by atomic mass is 16.6. The molecule has 0 radical (unpaired) electrons. The molecule has 0 bridgehead atoms. The first kappa shape index (κ1) is 46.1. The van der Waals surface area contributed by atoms with E-state index >= 15 is 0 Å². The Morgan fingerprint density at radius 3 is 1.31 bits per heavy atom. The van der Waals surface area contributed by atoms with Crippen molar-refractivity contribution in [3.05, 3.63) is 36.5 Å². The van der Waals surface area contributed by atoms with E-state index in [2.05, 4.69) is 50.3 Å². The Morgan fingerprint density at radius 1 is 0.479 bits per heavy atom. The summed E-state index contributed by atoms with van der Waals surface area (Å²) >= 11 is 0. The number of hydrogen-bond donors (Lipinski definition) is 1. The van der Waals surface area contributed by atoms with Gasteiger partial charge < -0.3 is 14.6 Å². The standard InChI is InChI=1S/C43H78O5/c1-3-5-7-9-11-13-15-17-19-21-23-25-27-29-31-33-35-37-42(45)47-40-41(39-44)48-43(46)38-36-34-32-30-28-26-24-22-20-18-16-14-12-10-8-6-4-2/h17,19,23,25,29,31,41,44H,3-16,18,20-22,24,26-28,30,32-40H2,1-2H3/t41-/m0/s1. The van der Waals surface area contributed by atoms with E-state index in [1.807, 2.05) is 0 Å². The van der Waals surface area contributed by atoms with Crippen LogP contribution in [0.3, 0.4) is 0 Å². The van der Waals surface area contributed by atoms with Crippen molar-refractivity contribution < 1.29 is 24.2 Å². The zero-order valence-electron chi connectivity index (χ0n) is 31.7. The number of unbranched alkanes of at least 4 members (excludes halogenated alkanes) is 23. The molecule has 0 heterocycles. The highest BCUT2D eigenvalue weighted by Gasteiger charge is 2.16. The Hall–Kier alpha value is -1.88. The molecule has 0 rings (SSSR count). The zero-order valence-corrected chi connectivity index (χ0v) is 31.7. The van der Waals surface area contributed by atoms with E-state index in [9.17, 15) is 14.7 Å². The average Bonchev–Trinajstić information content (AvgIpc) is 3.09. The van der Waals surface area contributed by atoms with Gasteiger partial charge >= 0.3 is 11.9 Å². The van der Waals surface area contributed by atoms with Crippen LogP contribution in [0.25, 0.3) is 0 Å². The minimum atomic E-state index is -0.788. The molecule has 0 aliphatic carbocycles. The molecule has 5 heteroatoms. The van der Waals surface area contributed by atoms with Gasteiger partial charge in [-0.3, -0.25) is 9.59 Å². The summed E-state index contributed by atoms with van der Waals surface area (Å²) in [7, 11) is 0. The molecule has 0 saturated heterocycles. The highest BCUT2D eigenvalue weighted by Crippen LogP contribution is 2.15. The molecule has 0 unspecified atom stereocenters. The van der Waals surface area contributed by atoms with Crippen LogP contribution in [0.2, 0.25) is 0 Å². The normalized spacial score (nSPS) is 12.5. The minimum absolute atomic E-state index is 0.0891. The summed E-state index contributed by atoms with van der Waals surface area (Å²) in [5.74, 6) is -0.645. The molecule has 0 saturated carbocycles. The molecule has 5 nitrogen and oxygen atoms in total. The molecule has 48 heavy (non-hydrogen) atoms. The van der Waals surface area contributed by atoms with Crippen molar-refractivity contribution in [2.45, 2.75) is 213 Å². The quantitative estimate of drug-likeness (QED) is 0.0403. The Morgan fingerprint density at radius 2 is 0.854 bits per heavy atom. The molecular formula is C43H78O5. The summed E-state index contributed by atoms with van der Waals surface area (Å²) in [5.41, 5.74) is 0. The van der Waals surface area contributed by atoms with Gasteiger partial charge in [0.1, 0.15) is 6.61 Å². The maximum atomic E-state index is 12.2. The van der Waals surface area contributed by atoms with Crippen LogP contribution in [0.15, 0.2) is 36.5 Å². The van der Waals surface area contributed by atoms with Crippen LogP contribution in [-0.2, 0) is 19.1 Å². The molecule has 0 fully saturated rings. The van der Waals surface area contributed by atoms with Gasteiger partial charge in [-0.1, -0.05) is 185 Å². The Labute approximate surface area is 297 Å². The van der Waals surface area contributed by atoms with E-state index in [0.717, 1.165) is 38.5 Å². The molecule has 0 spiro atoms. The first-order valence-electron chi connectivity index (χ1n) is 20.5. The van der Waals surface area contributed by atoms with Crippen molar-refractivity contribution in [1.82, 2.24) is 0 Å². The third-order valence-electron chi connectivity index (χ3n) is 8.94. The maximum Gasteiger partial charge on any atom is 0.306 e. The maximum absolute atomic E-state index is 12.2. The number of carbonyl (C=O) groups is 2. The van der Waals surface area contributed by atoms with E-state index in [1.165, 1.54) is 135 Å². The van der Waals surface area contributed by atoms with Crippen LogP contribution in [0.1, 0.15) is 206 Å². The zero-order chi connectivity index (χ0) is 35.0. The predicted molar refractivity (Wildman–Crippen MR) is 205 cm³/mol. The van der Waals surface area contributed by atoms with E-state index in [-0.39, 0.29) is 25.2 Å². The smallest absolute Gasteiger partial charge is 0.306 e. The van der Waals surface area contributed by atoms with Crippen molar-refractivity contribution in [2.75, 3.05) is 13.2 Å². The monoisotopic (exact) mass is 675 g/mol. The fourth-order valence-electron chi connectivity index (χ4n) is 5.81. The summed E-state index contributed by atoms with van der Waals surface area (Å²) in [6.45, 7) is 4.10. The van der Waals surface area contributed by atoms with Gasteiger partial charge in [-0.05, 0) is 44.9 Å². The molecular weight excluding hydrogens is 596 g/mol. The summed E-state index contributed by atoms with van der Waals surface area (Å²) < 4.78 is 10.6. The summed E-state index contributed by atoms with van der Waals surface area (Å²) in [5, 5.41) is 9.55. The lowest BCUT2D eigenvalue weighted by Gasteiger charge is -2.15. The molecule has 0 aromatic heterocycles. The molecule has 0 aromatic rings. The number of carbonyl (C=O) groups excluding carboxylic acids is 2. The Bertz CT molecular complexity index is 771. The van der Waals surface area contributed by atoms with Crippen LogP contribution in [0.4, 0.5) is 0 Å². The lowest BCUT2D eigenvalue weighted by molar-refractivity contribution is -0.161. The number of hydrogen-bond acceptors (Lipinski definition) is 5. The second kappa shape index (κ2) is 39.6. The lowest BCUT2D eigenvalue weighted by Crippen LogP contribution is -2.28. The first-order chi connectivity index (χ1) is 23.6. The topological polar surface area (TPSA) is 72.8 Å². The fourth-order valence-corrected chi connectivity index (χ4v) is 5.81. The highest BCUT2D eigenvalue weighted by molar-refractivity contribution is 5.70. The van der Waals surface area contributed by atoms with Crippen LogP contribution >= 0.6 is 0 Å². The number of rotatable bonds is 37. The largest absolute Gasteiger partial charge is 0.462 e. The van der Waals surface area contributed by atoms with Gasteiger partial charge in [0.05, 0.1) is 6.61 Å². The molecule has 1 atom stereocenters. The second-order valence-corrected chi connectivity index (χ2v) is 13.7. The van der Waals surface area contributed by atoms with Gasteiger partial charge in [0.2, 0.25) is 0 Å². The Balaban J connectivity index is 3.60. The Kier molecular flexibility index (Phi) is 38.0. The predicted octanol–water partition coefficient (Wildman–Crippen LogP) is 12.8. The third kappa shape index (κ3) is 36.9. The number of allylic oxidation sites excluding steroid dienone is 6. The lowest BCUT2D eigenvalue weighted by atomic mass is 10.0. The van der Waals surface area contributed by atoms with Crippen molar-refractivity contribution in [3.63, 3.8) is 0 Å². The van der Waals surface area contributed by atoms with Crippen LogP contribution in [-0.4, -0.2) is 36.4 Å². The summed E-state index contributed by atoms with van der Waals surface area (Å²) in [6, 6.07) is 0. The van der Waals surface area contributed by atoms with Gasteiger partial charge in [-0.2, -0.15) is 0 Å². The van der Waals surface area contributed by atoms with E-state index < -0.39 is 6.10 Å². The van der Waals surface area contributed by atoms with Crippen LogP contribution in [0.5, 0.6) is 0 Å². The van der Waals surface area contributed by atoms with Crippen molar-refractivity contribution in [2.24, 2.45) is 0 Å². The summed E-state index contributed by atoms with van der Waals surface area (Å²) in [4.78, 5) is 24.2. The molecule has 280 valence electrons. The van der Waals surface area contributed by atoms with Crippen molar-refractivity contribution in [1.29, 1.82) is 0 Å². The van der Waals surface area contributed by atoms with Gasteiger partial charge in [0.25, 0.3) is 0 Å². The molecule has 0 aliphatic heterocycles. The van der Waals surface area contributed by atoms with Gasteiger partial charge in [0, 0.05) is 12.8 Å². The minimum Gasteiger partial charge on any atom is -0.462 e. The van der Waals surface area contributed by atoms with Crippen LogP contribution < -0.4 is 0 Å². The molecule has 1 N–H and O–H groups in total.